The molecule has 1 N–H and O–H groups in total. The lowest BCUT2D eigenvalue weighted by atomic mass is 10.2. The van der Waals surface area contributed by atoms with E-state index in [0.717, 1.165) is 12.1 Å². The average Bonchev–Trinajstić information content (AvgIpc) is 2.15. The van der Waals surface area contributed by atoms with Crippen LogP contribution >= 0.6 is 11.6 Å². The summed E-state index contributed by atoms with van der Waals surface area (Å²) in [5, 5.41) is 19.0. The molecule has 0 fully saturated rings. The van der Waals surface area contributed by atoms with Crippen molar-refractivity contribution < 1.29 is 19.6 Å². The van der Waals surface area contributed by atoms with Gasteiger partial charge in [0.05, 0.1) is 23.1 Å². The van der Waals surface area contributed by atoms with Crippen LogP contribution in [0.25, 0.3) is 0 Å². The van der Waals surface area contributed by atoms with Crippen LogP contribution in [-0.2, 0) is 0 Å². The average molecular weight is 232 g/mol. The smallest absolute Gasteiger partial charge is 0.341 e. The first-order valence-electron chi connectivity index (χ1n) is 3.72. The number of rotatable bonds is 3. The second-order valence-electron chi connectivity index (χ2n) is 2.57. The van der Waals surface area contributed by atoms with Crippen molar-refractivity contribution in [3.8, 4) is 5.75 Å². The Morgan fingerprint density at radius 2 is 2.20 bits per heavy atom. The van der Waals surface area contributed by atoms with Gasteiger partial charge in [0.25, 0.3) is 5.69 Å². The Morgan fingerprint density at radius 1 is 1.60 bits per heavy atom. The van der Waals surface area contributed by atoms with Gasteiger partial charge in [-0.1, -0.05) is 11.6 Å². The standard InChI is InChI=1S/C8H6ClNO5/c1-15-6-3-4(10(13)14)2-5(9)7(6)8(11)12/h2-3H,1H3,(H,11,12). The largest absolute Gasteiger partial charge is 0.496 e. The minimum atomic E-state index is -1.30. The van der Waals surface area contributed by atoms with Crippen LogP contribution in [0.3, 0.4) is 0 Å². The van der Waals surface area contributed by atoms with Crippen molar-refractivity contribution in [1.82, 2.24) is 0 Å². The Morgan fingerprint density at radius 3 is 2.60 bits per heavy atom. The molecule has 0 radical (unpaired) electrons. The maximum atomic E-state index is 10.7. The Bertz CT molecular complexity index is 431. The predicted octanol–water partition coefficient (Wildman–Crippen LogP) is 1.96. The van der Waals surface area contributed by atoms with Gasteiger partial charge in [-0.25, -0.2) is 4.79 Å². The van der Waals surface area contributed by atoms with E-state index in [0.29, 0.717) is 0 Å². The van der Waals surface area contributed by atoms with Crippen molar-refractivity contribution in [2.24, 2.45) is 0 Å². The van der Waals surface area contributed by atoms with Crippen molar-refractivity contribution >= 4 is 23.3 Å². The van der Waals surface area contributed by atoms with Crippen molar-refractivity contribution in [1.29, 1.82) is 0 Å². The normalized spacial score (nSPS) is 9.73. The number of benzene rings is 1. The minimum absolute atomic E-state index is 0.137. The summed E-state index contributed by atoms with van der Waals surface area (Å²) in [7, 11) is 1.21. The molecule has 1 aromatic rings. The maximum absolute atomic E-state index is 10.7. The highest BCUT2D eigenvalue weighted by Gasteiger charge is 2.20. The van der Waals surface area contributed by atoms with Crippen molar-refractivity contribution in [3.63, 3.8) is 0 Å². The molecule has 0 aliphatic carbocycles. The molecule has 0 spiro atoms. The van der Waals surface area contributed by atoms with Crippen LogP contribution in [0.4, 0.5) is 5.69 Å². The Labute approximate surface area is 89.2 Å². The molecule has 0 aliphatic rings. The van der Waals surface area contributed by atoms with E-state index in [-0.39, 0.29) is 22.0 Å². The molecule has 0 heterocycles. The summed E-state index contributed by atoms with van der Waals surface area (Å²) >= 11 is 5.59. The molecule has 0 saturated heterocycles. The number of methoxy groups -OCH3 is 1. The summed E-state index contributed by atoms with van der Waals surface area (Å²) in [4.78, 5) is 20.5. The van der Waals surface area contributed by atoms with E-state index in [1.807, 2.05) is 0 Å². The van der Waals surface area contributed by atoms with Crippen LogP contribution in [0.2, 0.25) is 5.02 Å². The predicted molar refractivity (Wildman–Crippen MR) is 51.6 cm³/mol. The molecule has 0 aromatic heterocycles. The molecule has 0 bridgehead atoms. The minimum Gasteiger partial charge on any atom is -0.496 e. The number of aromatic carboxylic acids is 1. The van der Waals surface area contributed by atoms with E-state index in [1.165, 1.54) is 7.11 Å². The van der Waals surface area contributed by atoms with Gasteiger partial charge in [-0.2, -0.15) is 0 Å². The first kappa shape index (κ1) is 11.3. The second kappa shape index (κ2) is 4.14. The number of nitro benzene ring substituents is 1. The first-order chi connectivity index (χ1) is 6.97. The van der Waals surface area contributed by atoms with Crippen molar-refractivity contribution in [3.05, 3.63) is 32.8 Å². The fraction of sp³-hybridized carbons (Fsp3) is 0.125. The van der Waals surface area contributed by atoms with Gasteiger partial charge in [0.1, 0.15) is 11.3 Å². The zero-order valence-corrected chi connectivity index (χ0v) is 8.32. The van der Waals surface area contributed by atoms with Gasteiger partial charge >= 0.3 is 5.97 Å². The number of hydrogen-bond acceptors (Lipinski definition) is 4. The summed E-state index contributed by atoms with van der Waals surface area (Å²) in [6.45, 7) is 0. The summed E-state index contributed by atoms with van der Waals surface area (Å²) in [5.74, 6) is -1.44. The van der Waals surface area contributed by atoms with E-state index in [1.54, 1.807) is 0 Å². The lowest BCUT2D eigenvalue weighted by molar-refractivity contribution is -0.384. The van der Waals surface area contributed by atoms with E-state index in [9.17, 15) is 14.9 Å². The number of halogens is 1. The third kappa shape index (κ3) is 2.16. The third-order valence-corrected chi connectivity index (χ3v) is 1.98. The highest BCUT2D eigenvalue weighted by Crippen LogP contribution is 2.31. The van der Waals surface area contributed by atoms with Crippen LogP contribution in [0.15, 0.2) is 12.1 Å². The highest BCUT2D eigenvalue weighted by atomic mass is 35.5. The third-order valence-electron chi connectivity index (χ3n) is 1.68. The topological polar surface area (TPSA) is 89.7 Å². The van der Waals surface area contributed by atoms with Gasteiger partial charge in [0.15, 0.2) is 0 Å². The number of ether oxygens (including phenoxy) is 1. The van der Waals surface area contributed by atoms with Crippen LogP contribution in [-0.4, -0.2) is 23.1 Å². The van der Waals surface area contributed by atoms with E-state index >= 15 is 0 Å². The zero-order valence-electron chi connectivity index (χ0n) is 7.56. The Balaban J connectivity index is 3.43. The number of carboxylic acid groups (broad SMARTS) is 1. The highest BCUT2D eigenvalue weighted by molar-refractivity contribution is 6.34. The molecule has 1 rings (SSSR count). The molecule has 6 nitrogen and oxygen atoms in total. The lowest BCUT2D eigenvalue weighted by Crippen LogP contribution is -2.02. The number of hydrogen-bond donors (Lipinski definition) is 1. The number of nitrogens with zero attached hydrogens (tertiary/aromatic N) is 1. The molecular weight excluding hydrogens is 226 g/mol. The molecule has 15 heavy (non-hydrogen) atoms. The molecule has 0 atom stereocenters. The van der Waals surface area contributed by atoms with Gasteiger partial charge < -0.3 is 9.84 Å². The van der Waals surface area contributed by atoms with Crippen molar-refractivity contribution in [2.45, 2.75) is 0 Å². The number of nitro groups is 1. The summed E-state index contributed by atoms with van der Waals surface area (Å²) in [5.41, 5.74) is -0.605. The number of carboxylic acids is 1. The van der Waals surface area contributed by atoms with Crippen LogP contribution in [0.1, 0.15) is 10.4 Å². The quantitative estimate of drug-likeness (QED) is 0.634. The lowest BCUT2D eigenvalue weighted by Gasteiger charge is -2.05. The van der Waals surface area contributed by atoms with Gasteiger partial charge in [-0.3, -0.25) is 10.1 Å². The molecule has 7 heteroatoms. The van der Waals surface area contributed by atoms with Gasteiger partial charge in [0, 0.05) is 6.07 Å². The fourth-order valence-electron chi connectivity index (χ4n) is 1.04. The molecule has 80 valence electrons. The van der Waals surface area contributed by atoms with E-state index in [4.69, 9.17) is 21.4 Å². The Kier molecular flexibility index (Phi) is 3.11. The fourth-order valence-corrected chi connectivity index (χ4v) is 1.33. The van der Waals surface area contributed by atoms with Crippen LogP contribution in [0.5, 0.6) is 5.75 Å². The zero-order chi connectivity index (χ0) is 11.6. The molecular formula is C8H6ClNO5. The molecule has 0 unspecified atom stereocenters. The molecule has 0 saturated carbocycles. The summed E-state index contributed by atoms with van der Waals surface area (Å²) in [6.07, 6.45) is 0. The monoisotopic (exact) mass is 231 g/mol. The van der Waals surface area contributed by atoms with Gasteiger partial charge in [-0.15, -0.1) is 0 Å². The first-order valence-corrected chi connectivity index (χ1v) is 4.10. The molecule has 0 amide bonds. The van der Waals surface area contributed by atoms with Gasteiger partial charge in [0.2, 0.25) is 0 Å². The molecule has 1 aromatic carbocycles. The van der Waals surface area contributed by atoms with Gasteiger partial charge in [-0.05, 0) is 0 Å². The maximum Gasteiger partial charge on any atom is 0.341 e. The van der Waals surface area contributed by atoms with E-state index < -0.39 is 10.9 Å². The van der Waals surface area contributed by atoms with Crippen LogP contribution < -0.4 is 4.74 Å². The van der Waals surface area contributed by atoms with E-state index in [2.05, 4.69) is 0 Å². The summed E-state index contributed by atoms with van der Waals surface area (Å²) in [6, 6.07) is 1.98. The molecule has 0 aliphatic heterocycles. The van der Waals surface area contributed by atoms with Crippen molar-refractivity contribution in [2.75, 3.05) is 7.11 Å². The number of carbonyl (C=O) groups is 1. The second-order valence-corrected chi connectivity index (χ2v) is 2.97. The summed E-state index contributed by atoms with van der Waals surface area (Å²) < 4.78 is 4.71. The number of non-ortho nitro benzene ring substituents is 1. The Hall–Kier alpha value is -1.82. The SMILES string of the molecule is COc1cc([N+](=O)[O-])cc(Cl)c1C(=O)O. The van der Waals surface area contributed by atoms with Crippen LogP contribution in [0, 0.1) is 10.1 Å².